The topological polar surface area (TPSA) is 23.5 Å². The fourth-order valence-corrected chi connectivity index (χ4v) is 2.68. The number of hydrogen-bond donors (Lipinski definition) is 1. The van der Waals surface area contributed by atoms with E-state index in [1.165, 1.54) is 18.2 Å². The van der Waals surface area contributed by atoms with E-state index in [2.05, 4.69) is 0 Å². The second-order valence-corrected chi connectivity index (χ2v) is 6.52. The van der Waals surface area contributed by atoms with Gasteiger partial charge in [-0.1, -0.05) is 12.1 Å². The monoisotopic (exact) mass is 425 g/mol. The molecule has 0 spiro atoms. The van der Waals surface area contributed by atoms with Crippen molar-refractivity contribution < 1.29 is 44.6 Å². The molecule has 28 heavy (non-hydrogen) atoms. The van der Waals surface area contributed by atoms with Crippen molar-refractivity contribution in [2.24, 2.45) is 0 Å². The number of anilines is 1. The Hall–Kier alpha value is -1.65. The van der Waals surface area contributed by atoms with Crippen molar-refractivity contribution in [3.63, 3.8) is 0 Å². The fourth-order valence-electron chi connectivity index (χ4n) is 2.68. The van der Waals surface area contributed by atoms with Crippen molar-refractivity contribution in [2.45, 2.75) is 56.7 Å². The molecule has 1 aromatic carbocycles. The van der Waals surface area contributed by atoms with Crippen LogP contribution in [-0.2, 0) is 5.60 Å². The van der Waals surface area contributed by atoms with Crippen LogP contribution in [0.3, 0.4) is 0 Å². The Morgan fingerprint density at radius 3 is 1.79 bits per heavy atom. The highest BCUT2D eigenvalue weighted by atomic mass is 19.4. The fraction of sp³-hybridized carbons (Fsp3) is 0.647. The van der Waals surface area contributed by atoms with E-state index in [4.69, 9.17) is 0 Å². The lowest BCUT2D eigenvalue weighted by Crippen LogP contribution is -2.62. The van der Waals surface area contributed by atoms with Crippen LogP contribution in [0.5, 0.6) is 0 Å². The molecule has 0 bridgehead atoms. The minimum atomic E-state index is -6.98. The minimum absolute atomic E-state index is 0.331. The Morgan fingerprint density at radius 2 is 1.36 bits per heavy atom. The van der Waals surface area contributed by atoms with Gasteiger partial charge in [0, 0.05) is 18.8 Å². The Morgan fingerprint density at radius 1 is 0.857 bits per heavy atom. The predicted octanol–water partition coefficient (Wildman–Crippen LogP) is 5.60. The van der Waals surface area contributed by atoms with Gasteiger partial charge in [-0.3, -0.25) is 0 Å². The lowest BCUT2D eigenvalue weighted by Gasteiger charge is -2.37. The predicted molar refractivity (Wildman–Crippen MR) is 85.1 cm³/mol. The van der Waals surface area contributed by atoms with Gasteiger partial charge in [0.05, 0.1) is 12.0 Å². The molecule has 1 N–H and O–H groups in total. The van der Waals surface area contributed by atoms with Gasteiger partial charge in [-0.2, -0.15) is 39.5 Å². The first-order valence-electron chi connectivity index (χ1n) is 8.22. The molecule has 1 atom stereocenters. The molecule has 0 aromatic heterocycles. The summed E-state index contributed by atoms with van der Waals surface area (Å²) in [5, 5.41) is 10.2. The number of benzene rings is 1. The van der Waals surface area contributed by atoms with E-state index in [1.807, 2.05) is 0 Å². The number of hydrogen-bond acceptors (Lipinski definition) is 2. The summed E-state index contributed by atoms with van der Waals surface area (Å²) in [7, 11) is 0. The van der Waals surface area contributed by atoms with E-state index in [-0.39, 0.29) is 5.56 Å². The van der Waals surface area contributed by atoms with Gasteiger partial charge < -0.3 is 10.0 Å². The summed E-state index contributed by atoms with van der Waals surface area (Å²) in [6.45, 7) is 5.14. The smallest absolute Gasteiger partial charge is 0.385 e. The molecule has 162 valence electrons. The third kappa shape index (κ3) is 4.33. The van der Waals surface area contributed by atoms with Crippen LogP contribution in [-0.4, -0.2) is 42.1 Å². The maximum Gasteiger partial charge on any atom is 0.460 e. The summed E-state index contributed by atoms with van der Waals surface area (Å²) in [5.74, 6) is -19.6. The standard InChI is InChI=1S/C17H20F9NO/c1-4-27(5-2)12-8-6-7-11(9-12)13(3,28)10-14(18,19)15(20,21)16(22,23)17(24,25)26/h6-9,28H,4-5,10H2,1-3H3. The second-order valence-electron chi connectivity index (χ2n) is 6.52. The zero-order chi connectivity index (χ0) is 22.2. The summed E-state index contributed by atoms with van der Waals surface area (Å²) in [6.07, 6.45) is -9.24. The van der Waals surface area contributed by atoms with Gasteiger partial charge in [-0.05, 0) is 38.5 Å². The van der Waals surface area contributed by atoms with E-state index in [0.717, 1.165) is 6.07 Å². The van der Waals surface area contributed by atoms with E-state index in [0.29, 0.717) is 25.7 Å². The number of nitrogens with zero attached hydrogens (tertiary/aromatic N) is 1. The Balaban J connectivity index is 3.29. The molecular formula is C17H20F9NO. The molecule has 0 saturated heterocycles. The van der Waals surface area contributed by atoms with Gasteiger partial charge in [0.25, 0.3) is 0 Å². The molecule has 0 aliphatic heterocycles. The van der Waals surface area contributed by atoms with Crippen LogP contribution in [0, 0.1) is 0 Å². The summed E-state index contributed by atoms with van der Waals surface area (Å²) in [4.78, 5) is 1.73. The van der Waals surface area contributed by atoms with E-state index in [9.17, 15) is 44.6 Å². The van der Waals surface area contributed by atoms with Crippen LogP contribution >= 0.6 is 0 Å². The van der Waals surface area contributed by atoms with Crippen LogP contribution < -0.4 is 4.90 Å². The summed E-state index contributed by atoms with van der Waals surface area (Å²) >= 11 is 0. The Kier molecular flexibility index (Phi) is 6.66. The lowest BCUT2D eigenvalue weighted by atomic mass is 9.86. The average molecular weight is 425 g/mol. The first kappa shape index (κ1) is 24.4. The van der Waals surface area contributed by atoms with Gasteiger partial charge in [-0.25, -0.2) is 0 Å². The average Bonchev–Trinajstić information content (AvgIpc) is 2.54. The third-order valence-corrected chi connectivity index (χ3v) is 4.37. The molecular weight excluding hydrogens is 405 g/mol. The highest BCUT2D eigenvalue weighted by Gasteiger charge is 2.81. The molecule has 1 rings (SSSR count). The van der Waals surface area contributed by atoms with Crippen molar-refractivity contribution in [3.8, 4) is 0 Å². The van der Waals surface area contributed by atoms with Crippen LogP contribution in [0.15, 0.2) is 24.3 Å². The normalized spacial score (nSPS) is 16.0. The molecule has 0 aliphatic carbocycles. The van der Waals surface area contributed by atoms with Crippen molar-refractivity contribution in [1.82, 2.24) is 0 Å². The highest BCUT2D eigenvalue weighted by Crippen LogP contribution is 2.55. The van der Waals surface area contributed by atoms with E-state index < -0.39 is 36.0 Å². The SMILES string of the molecule is CCN(CC)c1cccc(C(C)(O)CC(F)(F)C(F)(F)C(F)(F)C(F)(F)F)c1. The molecule has 2 nitrogen and oxygen atoms in total. The second kappa shape index (κ2) is 7.64. The molecule has 11 heteroatoms. The van der Waals surface area contributed by atoms with Crippen LogP contribution in [0.25, 0.3) is 0 Å². The maximum absolute atomic E-state index is 13.9. The van der Waals surface area contributed by atoms with Crippen molar-refractivity contribution >= 4 is 5.69 Å². The molecule has 0 saturated carbocycles. The van der Waals surface area contributed by atoms with E-state index >= 15 is 0 Å². The number of aliphatic hydroxyl groups is 1. The van der Waals surface area contributed by atoms with Crippen LogP contribution in [0.4, 0.5) is 45.2 Å². The third-order valence-electron chi connectivity index (χ3n) is 4.37. The summed E-state index contributed by atoms with van der Waals surface area (Å²) in [6, 6.07) is 5.13. The molecule has 1 unspecified atom stereocenters. The van der Waals surface area contributed by atoms with Crippen LogP contribution in [0.1, 0.15) is 32.8 Å². The zero-order valence-corrected chi connectivity index (χ0v) is 15.2. The number of alkyl halides is 9. The molecule has 0 radical (unpaired) electrons. The first-order chi connectivity index (χ1) is 12.4. The summed E-state index contributed by atoms with van der Waals surface area (Å²) < 4.78 is 117. The molecule has 0 heterocycles. The Labute approximate surface area is 155 Å². The lowest BCUT2D eigenvalue weighted by molar-refractivity contribution is -0.400. The summed E-state index contributed by atoms with van der Waals surface area (Å²) in [5.41, 5.74) is -2.71. The van der Waals surface area contributed by atoms with Crippen LogP contribution in [0.2, 0.25) is 0 Å². The molecule has 0 aliphatic rings. The van der Waals surface area contributed by atoms with Gasteiger partial charge in [0.2, 0.25) is 0 Å². The highest BCUT2D eigenvalue weighted by molar-refractivity contribution is 5.49. The molecule has 0 fully saturated rings. The molecule has 1 aromatic rings. The van der Waals surface area contributed by atoms with Crippen molar-refractivity contribution in [2.75, 3.05) is 18.0 Å². The van der Waals surface area contributed by atoms with Crippen molar-refractivity contribution in [1.29, 1.82) is 0 Å². The zero-order valence-electron chi connectivity index (χ0n) is 15.2. The minimum Gasteiger partial charge on any atom is -0.385 e. The number of rotatable bonds is 8. The molecule has 0 amide bonds. The quantitative estimate of drug-likeness (QED) is 0.549. The van der Waals surface area contributed by atoms with Gasteiger partial charge >= 0.3 is 23.9 Å². The van der Waals surface area contributed by atoms with E-state index in [1.54, 1.807) is 18.7 Å². The van der Waals surface area contributed by atoms with Gasteiger partial charge in [0.1, 0.15) is 0 Å². The largest absolute Gasteiger partial charge is 0.460 e. The van der Waals surface area contributed by atoms with Gasteiger partial charge in [-0.15, -0.1) is 0 Å². The first-order valence-corrected chi connectivity index (χ1v) is 8.22. The maximum atomic E-state index is 13.9. The number of halogens is 9. The van der Waals surface area contributed by atoms with Gasteiger partial charge in [0.15, 0.2) is 0 Å². The Bertz CT molecular complexity index is 667. The van der Waals surface area contributed by atoms with Crippen molar-refractivity contribution in [3.05, 3.63) is 29.8 Å².